The van der Waals surface area contributed by atoms with Crippen LogP contribution >= 0.6 is 11.6 Å². The molecule has 0 aromatic heterocycles. The van der Waals surface area contributed by atoms with Crippen LogP contribution in [0.2, 0.25) is 5.02 Å². The molecule has 0 saturated carbocycles. The Hall–Kier alpha value is -1.71. The van der Waals surface area contributed by atoms with Gasteiger partial charge in [0.25, 0.3) is 0 Å². The Balaban J connectivity index is 2.43. The van der Waals surface area contributed by atoms with Gasteiger partial charge in [-0.05, 0) is 48.2 Å². The minimum absolute atomic E-state index is 0.0697. The van der Waals surface area contributed by atoms with Gasteiger partial charge in [-0.2, -0.15) is 0 Å². The van der Waals surface area contributed by atoms with Gasteiger partial charge in [0.1, 0.15) is 11.4 Å². The van der Waals surface area contributed by atoms with Gasteiger partial charge in [0, 0.05) is 10.6 Å². The first-order valence-corrected chi connectivity index (χ1v) is 7.56. The molecule has 0 saturated heterocycles. The fourth-order valence-electron chi connectivity index (χ4n) is 2.22. The zero-order chi connectivity index (χ0) is 16.3. The molecule has 0 radical (unpaired) electrons. The maximum atomic E-state index is 6.14. The van der Waals surface area contributed by atoms with Gasteiger partial charge in [0.2, 0.25) is 0 Å². The van der Waals surface area contributed by atoms with Crippen LogP contribution < -0.4 is 10.2 Å². The van der Waals surface area contributed by atoms with Crippen molar-refractivity contribution in [3.8, 4) is 11.5 Å². The molecular weight excluding hydrogens is 298 g/mol. The van der Waals surface area contributed by atoms with Gasteiger partial charge < -0.3 is 4.74 Å². The van der Waals surface area contributed by atoms with E-state index in [-0.39, 0.29) is 5.41 Å². The lowest BCUT2D eigenvalue weighted by Crippen LogP contribution is -2.12. The summed E-state index contributed by atoms with van der Waals surface area (Å²) in [6.07, 6.45) is 0. The van der Waals surface area contributed by atoms with Gasteiger partial charge in [0.15, 0.2) is 5.75 Å². The van der Waals surface area contributed by atoms with Gasteiger partial charge in [-0.15, -0.1) is 0 Å². The van der Waals surface area contributed by atoms with Gasteiger partial charge in [-0.1, -0.05) is 38.4 Å². The molecule has 0 fully saturated rings. The molecule has 4 heteroatoms. The second kappa shape index (κ2) is 6.59. The van der Waals surface area contributed by atoms with E-state index >= 15 is 0 Å². The molecule has 0 aliphatic rings. The van der Waals surface area contributed by atoms with Crippen LogP contribution in [0.25, 0.3) is 0 Å². The summed E-state index contributed by atoms with van der Waals surface area (Å²) < 4.78 is 6.13. The number of ether oxygens (including phenoxy) is 1. The fraction of sp³-hybridized carbons (Fsp3) is 0.333. The highest BCUT2D eigenvalue weighted by atomic mass is 35.5. The molecule has 22 heavy (non-hydrogen) atoms. The van der Waals surface area contributed by atoms with E-state index in [9.17, 15) is 0 Å². The van der Waals surface area contributed by atoms with Crippen LogP contribution in [0.5, 0.6) is 11.5 Å². The lowest BCUT2D eigenvalue weighted by Gasteiger charge is -2.23. The fourth-order valence-corrected chi connectivity index (χ4v) is 2.39. The molecule has 0 spiro atoms. The van der Waals surface area contributed by atoms with Crippen molar-refractivity contribution in [1.82, 2.24) is 0 Å². The third kappa shape index (κ3) is 3.93. The molecule has 2 rings (SSSR count). The van der Waals surface area contributed by atoms with Crippen LogP contribution in [0, 0.1) is 6.92 Å². The normalized spacial score (nSPS) is 11.4. The Morgan fingerprint density at radius 1 is 1.00 bits per heavy atom. The zero-order valence-corrected chi connectivity index (χ0v) is 14.4. The van der Waals surface area contributed by atoms with Crippen molar-refractivity contribution in [2.24, 2.45) is 0 Å². The van der Waals surface area contributed by atoms with Crippen molar-refractivity contribution in [3.05, 3.63) is 52.5 Å². The van der Waals surface area contributed by atoms with Gasteiger partial charge in [0.05, 0.1) is 7.11 Å². The van der Waals surface area contributed by atoms with Crippen molar-refractivity contribution >= 4 is 17.3 Å². The highest BCUT2D eigenvalue weighted by molar-refractivity contribution is 6.30. The third-order valence-electron chi connectivity index (χ3n) is 3.32. The predicted molar refractivity (Wildman–Crippen MR) is 92.0 cm³/mol. The molecule has 0 amide bonds. The molecular formula is C18H22ClNO2. The second-order valence-corrected chi connectivity index (χ2v) is 6.73. The van der Waals surface area contributed by atoms with Crippen LogP contribution in [0.3, 0.4) is 0 Å². The topological polar surface area (TPSA) is 30.5 Å². The third-order valence-corrected chi connectivity index (χ3v) is 3.55. The summed E-state index contributed by atoms with van der Waals surface area (Å²) in [7, 11) is 1.58. The minimum Gasteiger partial charge on any atom is -0.455 e. The number of nitrogens with one attached hydrogen (secondary N) is 1. The summed E-state index contributed by atoms with van der Waals surface area (Å²) in [5, 5.41) is 0.705. The van der Waals surface area contributed by atoms with E-state index in [4.69, 9.17) is 21.2 Å². The zero-order valence-electron chi connectivity index (χ0n) is 13.7. The first-order valence-electron chi connectivity index (χ1n) is 7.19. The Bertz CT molecular complexity index is 663. The number of anilines is 1. The summed E-state index contributed by atoms with van der Waals surface area (Å²) in [5.74, 6) is 1.50. The summed E-state index contributed by atoms with van der Waals surface area (Å²) >= 11 is 6.14. The molecule has 3 nitrogen and oxygen atoms in total. The summed E-state index contributed by atoms with van der Waals surface area (Å²) in [5.41, 5.74) is 5.76. The molecule has 0 aliphatic heterocycles. The van der Waals surface area contributed by atoms with E-state index in [1.54, 1.807) is 7.11 Å². The number of halogens is 1. The molecule has 1 N–H and O–H groups in total. The molecule has 0 aliphatic carbocycles. The minimum atomic E-state index is -0.0697. The average molecular weight is 320 g/mol. The maximum Gasteiger partial charge on any atom is 0.152 e. The number of hydrogen-bond donors (Lipinski definition) is 1. The second-order valence-electron chi connectivity index (χ2n) is 6.30. The summed E-state index contributed by atoms with van der Waals surface area (Å²) in [4.78, 5) is 5.03. The lowest BCUT2D eigenvalue weighted by molar-refractivity contribution is 0.269. The van der Waals surface area contributed by atoms with Crippen molar-refractivity contribution in [2.75, 3.05) is 12.6 Å². The maximum absolute atomic E-state index is 6.14. The van der Waals surface area contributed by atoms with Crippen molar-refractivity contribution in [1.29, 1.82) is 0 Å². The quantitative estimate of drug-likeness (QED) is 0.732. The Kier molecular flexibility index (Phi) is 4.99. The summed E-state index contributed by atoms with van der Waals surface area (Å²) in [6, 6.07) is 11.6. The van der Waals surface area contributed by atoms with E-state index < -0.39 is 0 Å². The Morgan fingerprint density at radius 2 is 1.68 bits per heavy atom. The predicted octanol–water partition coefficient (Wildman–Crippen LogP) is 5.71. The molecule has 2 aromatic carbocycles. The van der Waals surface area contributed by atoms with Gasteiger partial charge >= 0.3 is 0 Å². The largest absolute Gasteiger partial charge is 0.455 e. The van der Waals surface area contributed by atoms with Crippen molar-refractivity contribution in [2.45, 2.75) is 33.1 Å². The number of benzene rings is 2. The number of rotatable bonds is 4. The van der Waals surface area contributed by atoms with E-state index in [2.05, 4.69) is 26.3 Å². The lowest BCUT2D eigenvalue weighted by atomic mass is 9.86. The van der Waals surface area contributed by atoms with Gasteiger partial charge in [-0.25, -0.2) is 0 Å². The Morgan fingerprint density at radius 3 is 2.32 bits per heavy atom. The van der Waals surface area contributed by atoms with Crippen LogP contribution in [-0.4, -0.2) is 7.11 Å². The van der Waals surface area contributed by atoms with E-state index in [1.165, 1.54) is 0 Å². The van der Waals surface area contributed by atoms with Crippen LogP contribution in [0.15, 0.2) is 36.4 Å². The average Bonchev–Trinajstić information content (AvgIpc) is 2.43. The Labute approximate surface area is 137 Å². The molecule has 0 atom stereocenters. The number of hydrogen-bond acceptors (Lipinski definition) is 3. The molecule has 118 valence electrons. The molecule has 0 heterocycles. The van der Waals surface area contributed by atoms with Crippen molar-refractivity contribution in [3.63, 3.8) is 0 Å². The standard InChI is InChI=1S/C18H22ClNO2/c1-12-6-8-17(15(10-12)20-21-5)22-16-9-7-13(19)11-14(16)18(2,3)4/h6-11,20H,1-5H3. The van der Waals surface area contributed by atoms with Crippen molar-refractivity contribution < 1.29 is 9.57 Å². The van der Waals surface area contributed by atoms with Crippen LogP contribution in [0.1, 0.15) is 31.9 Å². The SMILES string of the molecule is CONc1cc(C)ccc1Oc1ccc(Cl)cc1C(C)(C)C. The van der Waals surface area contributed by atoms with E-state index in [0.717, 1.165) is 22.6 Å². The van der Waals surface area contributed by atoms with Gasteiger partial charge in [-0.3, -0.25) is 10.3 Å². The molecule has 0 bridgehead atoms. The first kappa shape index (κ1) is 16.7. The van der Waals surface area contributed by atoms with Crippen LogP contribution in [0.4, 0.5) is 5.69 Å². The molecule has 0 unspecified atom stereocenters. The summed E-state index contributed by atoms with van der Waals surface area (Å²) in [6.45, 7) is 8.42. The highest BCUT2D eigenvalue weighted by Crippen LogP contribution is 2.38. The first-order chi connectivity index (χ1) is 10.3. The van der Waals surface area contributed by atoms with Crippen LogP contribution in [-0.2, 0) is 10.3 Å². The smallest absolute Gasteiger partial charge is 0.152 e. The highest BCUT2D eigenvalue weighted by Gasteiger charge is 2.20. The van der Waals surface area contributed by atoms with E-state index in [1.807, 2.05) is 43.3 Å². The number of aryl methyl sites for hydroxylation is 1. The monoisotopic (exact) mass is 319 g/mol. The van der Waals surface area contributed by atoms with E-state index in [0.29, 0.717) is 10.8 Å². The molecule has 2 aromatic rings.